The van der Waals surface area contributed by atoms with Gasteiger partial charge in [-0.1, -0.05) is 35.4 Å². The average molecular weight is 457 g/mol. The maximum atomic E-state index is 12.5. The number of ether oxygens (including phenoxy) is 1. The van der Waals surface area contributed by atoms with Gasteiger partial charge in [0, 0.05) is 22.1 Å². The summed E-state index contributed by atoms with van der Waals surface area (Å²) in [5.74, 6) is 0. The van der Waals surface area contributed by atoms with Crippen molar-refractivity contribution in [2.75, 3.05) is 6.61 Å². The van der Waals surface area contributed by atoms with E-state index in [0.717, 1.165) is 9.79 Å². The molecule has 1 saturated heterocycles. The van der Waals surface area contributed by atoms with E-state index in [1.165, 1.54) is 28.0 Å². The molecule has 2 N–H and O–H groups in total. The molecule has 1 aromatic heterocycles. The van der Waals surface area contributed by atoms with Crippen molar-refractivity contribution >= 4 is 23.5 Å². The van der Waals surface area contributed by atoms with Gasteiger partial charge >= 0.3 is 5.69 Å². The molecule has 31 heavy (non-hydrogen) atoms. The average Bonchev–Trinajstić information content (AvgIpc) is 3.08. The molecule has 0 radical (unpaired) electrons. The van der Waals surface area contributed by atoms with Crippen LogP contribution >= 0.6 is 23.5 Å². The zero-order chi connectivity index (χ0) is 22.0. The van der Waals surface area contributed by atoms with Gasteiger partial charge in [-0.2, -0.15) is 0 Å². The zero-order valence-corrected chi connectivity index (χ0v) is 18.9. The lowest BCUT2D eigenvalue weighted by atomic mass is 10.2. The van der Waals surface area contributed by atoms with Gasteiger partial charge in [-0.25, -0.2) is 4.79 Å². The number of aromatic nitrogens is 2. The molecule has 0 spiro atoms. The quantitative estimate of drug-likeness (QED) is 0.592. The molecule has 6 nitrogen and oxygen atoms in total. The Morgan fingerprint density at radius 1 is 0.903 bits per heavy atom. The normalized spacial score (nSPS) is 23.2. The van der Waals surface area contributed by atoms with Crippen LogP contribution in [0.3, 0.4) is 0 Å². The number of aliphatic hydroxyl groups is 1. The van der Waals surface area contributed by atoms with E-state index < -0.39 is 23.6 Å². The van der Waals surface area contributed by atoms with E-state index in [1.807, 2.05) is 38.1 Å². The molecule has 2 heterocycles. The first-order chi connectivity index (χ1) is 14.9. The number of aromatic amines is 1. The van der Waals surface area contributed by atoms with Gasteiger partial charge in [0.15, 0.2) is 6.23 Å². The third-order valence-corrected chi connectivity index (χ3v) is 8.11. The lowest BCUT2D eigenvalue weighted by Gasteiger charge is -2.24. The molecule has 8 heteroatoms. The van der Waals surface area contributed by atoms with Crippen LogP contribution in [0.4, 0.5) is 0 Å². The molecule has 1 fully saturated rings. The largest absolute Gasteiger partial charge is 0.394 e. The van der Waals surface area contributed by atoms with E-state index >= 15 is 0 Å². The van der Waals surface area contributed by atoms with Crippen LogP contribution in [0, 0.1) is 13.8 Å². The van der Waals surface area contributed by atoms with Gasteiger partial charge in [0.05, 0.1) is 23.2 Å². The molecule has 162 valence electrons. The van der Waals surface area contributed by atoms with E-state index in [4.69, 9.17) is 4.74 Å². The van der Waals surface area contributed by atoms with Crippen molar-refractivity contribution in [1.82, 2.24) is 9.55 Å². The molecule has 0 aliphatic carbocycles. The molecule has 1 aliphatic heterocycles. The summed E-state index contributed by atoms with van der Waals surface area (Å²) in [6.45, 7) is 3.91. The second-order valence-electron chi connectivity index (χ2n) is 7.56. The highest BCUT2D eigenvalue weighted by molar-refractivity contribution is 8.04. The molecule has 0 bridgehead atoms. The van der Waals surface area contributed by atoms with Crippen molar-refractivity contribution in [1.29, 1.82) is 0 Å². The molecule has 0 unspecified atom stereocenters. The summed E-state index contributed by atoms with van der Waals surface area (Å²) in [5.41, 5.74) is 1.36. The second kappa shape index (κ2) is 9.48. The zero-order valence-electron chi connectivity index (χ0n) is 17.2. The van der Waals surface area contributed by atoms with Crippen molar-refractivity contribution in [2.24, 2.45) is 0 Å². The van der Waals surface area contributed by atoms with Gasteiger partial charge in [0.2, 0.25) is 0 Å². The molecular formula is C23H24N2O4S2. The first-order valence-electron chi connectivity index (χ1n) is 9.99. The number of hydrogen-bond acceptors (Lipinski definition) is 6. The number of nitrogens with one attached hydrogen (secondary N) is 1. The van der Waals surface area contributed by atoms with Gasteiger partial charge in [0.1, 0.15) is 0 Å². The second-order valence-corrected chi connectivity index (χ2v) is 10.1. The predicted octanol–water partition coefficient (Wildman–Crippen LogP) is 3.36. The lowest BCUT2D eigenvalue weighted by Crippen LogP contribution is -2.35. The Morgan fingerprint density at radius 3 is 1.97 bits per heavy atom. The fourth-order valence-corrected chi connectivity index (χ4v) is 6.26. The number of aliphatic hydroxyl groups excluding tert-OH is 1. The molecule has 4 rings (SSSR count). The number of aryl methyl sites for hydroxylation is 2. The van der Waals surface area contributed by atoms with Crippen molar-refractivity contribution in [3.05, 3.63) is 92.8 Å². The van der Waals surface area contributed by atoms with Gasteiger partial charge < -0.3 is 9.84 Å². The fourth-order valence-electron chi connectivity index (χ4n) is 3.52. The van der Waals surface area contributed by atoms with Crippen LogP contribution in [0.2, 0.25) is 0 Å². The minimum Gasteiger partial charge on any atom is -0.394 e. The van der Waals surface area contributed by atoms with Crippen LogP contribution in [-0.2, 0) is 4.74 Å². The summed E-state index contributed by atoms with van der Waals surface area (Å²) in [6.07, 6.45) is 0.371. The number of benzene rings is 2. The van der Waals surface area contributed by atoms with Crippen molar-refractivity contribution < 1.29 is 9.84 Å². The molecule has 4 atom stereocenters. The van der Waals surface area contributed by atoms with E-state index in [-0.39, 0.29) is 17.1 Å². The van der Waals surface area contributed by atoms with Crippen LogP contribution < -0.4 is 11.2 Å². The summed E-state index contributed by atoms with van der Waals surface area (Å²) >= 11 is 3.25. The number of nitrogens with zero attached hydrogens (tertiary/aromatic N) is 1. The third kappa shape index (κ3) is 4.98. The van der Waals surface area contributed by atoms with Crippen molar-refractivity contribution in [3.63, 3.8) is 0 Å². The van der Waals surface area contributed by atoms with Crippen LogP contribution in [0.5, 0.6) is 0 Å². The van der Waals surface area contributed by atoms with E-state index in [1.54, 1.807) is 23.5 Å². The standard InChI is InChI=1S/C23H24N2O4S2/c1-14-3-7-16(8-4-14)30-20-18(13-26)29-22(25-12-11-19(27)24-23(25)28)21(20)31-17-9-5-15(2)6-10-17/h3-12,18,20-22,26H,13H2,1-2H3,(H,24,27,28)/t18-,20+,21+,22-/m1/s1. The Bertz CT molecular complexity index is 1140. The Hall–Kier alpha value is -2.26. The highest BCUT2D eigenvalue weighted by Crippen LogP contribution is 2.47. The van der Waals surface area contributed by atoms with Crippen LogP contribution in [0.1, 0.15) is 17.4 Å². The SMILES string of the molecule is Cc1ccc(S[C@@H]2[C@H](Sc3ccc(C)cc3)[C@H](n3ccc(=O)[nH]c3=O)O[C@@H]2CO)cc1. The van der Waals surface area contributed by atoms with Gasteiger partial charge in [-0.05, 0) is 38.1 Å². The molecule has 0 amide bonds. The lowest BCUT2D eigenvalue weighted by molar-refractivity contribution is -0.0225. The Balaban J connectivity index is 1.72. The minimum atomic E-state index is -0.629. The molecule has 0 saturated carbocycles. The maximum Gasteiger partial charge on any atom is 0.330 e. The molecule has 2 aromatic carbocycles. The fraction of sp³-hybridized carbons (Fsp3) is 0.304. The highest BCUT2D eigenvalue weighted by atomic mass is 32.2. The Labute approximate surface area is 188 Å². The maximum absolute atomic E-state index is 12.5. The number of hydrogen-bond donors (Lipinski definition) is 2. The summed E-state index contributed by atoms with van der Waals surface area (Å²) in [7, 11) is 0. The topological polar surface area (TPSA) is 84.3 Å². The summed E-state index contributed by atoms with van der Waals surface area (Å²) in [6, 6.07) is 17.7. The van der Waals surface area contributed by atoms with Crippen molar-refractivity contribution in [2.45, 2.75) is 46.5 Å². The first-order valence-corrected chi connectivity index (χ1v) is 11.7. The van der Waals surface area contributed by atoms with E-state index in [0.29, 0.717) is 0 Å². The van der Waals surface area contributed by atoms with Crippen LogP contribution in [0.15, 0.2) is 80.2 Å². The number of rotatable bonds is 6. The van der Waals surface area contributed by atoms with Gasteiger partial charge in [-0.15, -0.1) is 23.5 Å². The van der Waals surface area contributed by atoms with Crippen LogP contribution in [0.25, 0.3) is 0 Å². The monoisotopic (exact) mass is 456 g/mol. The summed E-state index contributed by atoms with van der Waals surface area (Å²) in [4.78, 5) is 28.5. The molecule has 3 aromatic rings. The molecular weight excluding hydrogens is 432 g/mol. The Morgan fingerprint density at radius 2 is 1.45 bits per heavy atom. The number of thioether (sulfide) groups is 2. The highest BCUT2D eigenvalue weighted by Gasteiger charge is 2.46. The van der Waals surface area contributed by atoms with E-state index in [9.17, 15) is 14.7 Å². The van der Waals surface area contributed by atoms with Crippen LogP contribution in [-0.4, -0.2) is 37.9 Å². The van der Waals surface area contributed by atoms with E-state index in [2.05, 4.69) is 29.2 Å². The number of H-pyrrole nitrogens is 1. The van der Waals surface area contributed by atoms with Gasteiger partial charge in [0.25, 0.3) is 5.56 Å². The smallest absolute Gasteiger partial charge is 0.330 e. The van der Waals surface area contributed by atoms with Gasteiger partial charge in [-0.3, -0.25) is 14.3 Å². The summed E-state index contributed by atoms with van der Waals surface area (Å²) < 4.78 is 7.59. The first kappa shape index (κ1) is 22.0. The third-order valence-electron chi connectivity index (χ3n) is 5.18. The molecule has 1 aliphatic rings. The summed E-state index contributed by atoms with van der Waals surface area (Å²) in [5, 5.41) is 9.78. The minimum absolute atomic E-state index is 0.108. The predicted molar refractivity (Wildman–Crippen MR) is 124 cm³/mol. The Kier molecular flexibility index (Phi) is 6.71. The van der Waals surface area contributed by atoms with Crippen molar-refractivity contribution in [3.8, 4) is 0 Å².